The lowest BCUT2D eigenvalue weighted by Gasteiger charge is -2.08. The second-order valence-corrected chi connectivity index (χ2v) is 9.57. The van der Waals surface area contributed by atoms with E-state index in [1.807, 2.05) is 0 Å². The van der Waals surface area contributed by atoms with E-state index in [4.69, 9.17) is 0 Å². The SMILES string of the molecule is CCCCCCCCCCCCCCCC(O)C=C(O)NC(=O)CCCCCCCCC. The molecule has 1 atom stereocenters. The van der Waals surface area contributed by atoms with Gasteiger partial charge in [-0.3, -0.25) is 10.1 Å². The normalized spacial score (nSPS) is 12.8. The van der Waals surface area contributed by atoms with Crippen molar-refractivity contribution in [2.45, 2.75) is 161 Å². The quantitative estimate of drug-likeness (QED) is 0.101. The molecule has 0 aliphatic rings. The molecule has 4 nitrogen and oxygen atoms in total. The standard InChI is InChI=1S/C28H55NO3/c1-3-5-7-9-11-12-13-14-15-16-18-19-21-23-26(30)25-28(32)29-27(31)24-22-20-17-10-8-6-4-2/h25-26,30,32H,3-24H2,1-2H3,(H,29,31). The summed E-state index contributed by atoms with van der Waals surface area (Å²) in [5.41, 5.74) is 0. The lowest BCUT2D eigenvalue weighted by atomic mass is 10.0. The molecule has 0 aliphatic carbocycles. The van der Waals surface area contributed by atoms with Gasteiger partial charge in [0.15, 0.2) is 5.88 Å². The highest BCUT2D eigenvalue weighted by molar-refractivity contribution is 5.77. The van der Waals surface area contributed by atoms with E-state index in [-0.39, 0.29) is 11.8 Å². The molecule has 0 spiro atoms. The van der Waals surface area contributed by atoms with Gasteiger partial charge in [0.05, 0.1) is 6.10 Å². The van der Waals surface area contributed by atoms with Crippen molar-refractivity contribution in [1.82, 2.24) is 5.32 Å². The Hall–Kier alpha value is -1.03. The summed E-state index contributed by atoms with van der Waals surface area (Å²) < 4.78 is 0. The minimum Gasteiger partial charge on any atom is -0.495 e. The predicted octanol–water partition coefficient (Wildman–Crippen LogP) is 8.48. The van der Waals surface area contributed by atoms with Crippen LogP contribution in [0.25, 0.3) is 0 Å². The van der Waals surface area contributed by atoms with Crippen LogP contribution in [0.2, 0.25) is 0 Å². The number of unbranched alkanes of at least 4 members (excludes halogenated alkanes) is 18. The van der Waals surface area contributed by atoms with Crippen LogP contribution in [-0.4, -0.2) is 22.2 Å². The third-order valence-corrected chi connectivity index (χ3v) is 6.23. The molecule has 0 fully saturated rings. The maximum Gasteiger partial charge on any atom is 0.226 e. The molecule has 1 unspecified atom stereocenters. The number of amides is 1. The van der Waals surface area contributed by atoms with Gasteiger partial charge < -0.3 is 10.2 Å². The number of hydrogen-bond acceptors (Lipinski definition) is 3. The molecular formula is C28H55NO3. The minimum atomic E-state index is -0.693. The van der Waals surface area contributed by atoms with Crippen molar-refractivity contribution in [3.63, 3.8) is 0 Å². The van der Waals surface area contributed by atoms with Crippen LogP contribution in [0.3, 0.4) is 0 Å². The molecule has 0 radical (unpaired) electrons. The van der Waals surface area contributed by atoms with Gasteiger partial charge in [-0.05, 0) is 12.8 Å². The fourth-order valence-electron chi connectivity index (χ4n) is 4.13. The van der Waals surface area contributed by atoms with E-state index in [2.05, 4.69) is 19.2 Å². The van der Waals surface area contributed by atoms with Gasteiger partial charge in [0.1, 0.15) is 0 Å². The zero-order valence-corrected chi connectivity index (χ0v) is 21.5. The zero-order chi connectivity index (χ0) is 23.7. The molecule has 4 heteroatoms. The molecule has 0 saturated heterocycles. The van der Waals surface area contributed by atoms with Crippen molar-refractivity contribution in [1.29, 1.82) is 0 Å². The first kappa shape index (κ1) is 31.0. The maximum absolute atomic E-state index is 11.9. The Kier molecular flexibility index (Phi) is 23.8. The molecule has 0 saturated carbocycles. The van der Waals surface area contributed by atoms with Crippen molar-refractivity contribution in [2.75, 3.05) is 0 Å². The van der Waals surface area contributed by atoms with E-state index < -0.39 is 6.10 Å². The summed E-state index contributed by atoms with van der Waals surface area (Å²) in [6.07, 6.45) is 26.8. The Morgan fingerprint density at radius 1 is 0.656 bits per heavy atom. The van der Waals surface area contributed by atoms with Crippen LogP contribution in [0.15, 0.2) is 12.0 Å². The molecule has 0 aliphatic heterocycles. The summed E-state index contributed by atoms with van der Waals surface area (Å²) >= 11 is 0. The molecule has 0 rings (SSSR count). The summed E-state index contributed by atoms with van der Waals surface area (Å²) in [6, 6.07) is 0. The van der Waals surface area contributed by atoms with Gasteiger partial charge in [-0.25, -0.2) is 0 Å². The van der Waals surface area contributed by atoms with Gasteiger partial charge >= 0.3 is 0 Å². The van der Waals surface area contributed by atoms with E-state index in [0.717, 1.165) is 25.7 Å². The monoisotopic (exact) mass is 453 g/mol. The minimum absolute atomic E-state index is 0.166. The number of rotatable bonds is 24. The van der Waals surface area contributed by atoms with Crippen LogP contribution in [0.1, 0.15) is 155 Å². The summed E-state index contributed by atoms with van der Waals surface area (Å²) in [7, 11) is 0. The van der Waals surface area contributed by atoms with Crippen LogP contribution >= 0.6 is 0 Å². The molecule has 190 valence electrons. The van der Waals surface area contributed by atoms with Crippen LogP contribution in [0.5, 0.6) is 0 Å². The van der Waals surface area contributed by atoms with Gasteiger partial charge in [0.25, 0.3) is 0 Å². The van der Waals surface area contributed by atoms with Crippen LogP contribution in [0.4, 0.5) is 0 Å². The molecule has 0 aromatic heterocycles. The summed E-state index contributed by atoms with van der Waals surface area (Å²) in [5.74, 6) is -0.374. The first-order valence-corrected chi connectivity index (χ1v) is 14.0. The van der Waals surface area contributed by atoms with Gasteiger partial charge in [0, 0.05) is 12.5 Å². The Morgan fingerprint density at radius 2 is 1.03 bits per heavy atom. The zero-order valence-electron chi connectivity index (χ0n) is 21.5. The Morgan fingerprint density at radius 3 is 1.47 bits per heavy atom. The number of hydrogen-bond donors (Lipinski definition) is 3. The molecule has 0 aromatic carbocycles. The largest absolute Gasteiger partial charge is 0.495 e. The van der Waals surface area contributed by atoms with Crippen LogP contribution in [0, 0.1) is 0 Å². The third-order valence-electron chi connectivity index (χ3n) is 6.23. The lowest BCUT2D eigenvalue weighted by Crippen LogP contribution is -2.23. The highest BCUT2D eigenvalue weighted by Gasteiger charge is 2.07. The summed E-state index contributed by atoms with van der Waals surface area (Å²) in [5, 5.41) is 22.4. The second-order valence-electron chi connectivity index (χ2n) is 9.57. The summed E-state index contributed by atoms with van der Waals surface area (Å²) in [6.45, 7) is 4.47. The lowest BCUT2D eigenvalue weighted by molar-refractivity contribution is -0.121. The smallest absolute Gasteiger partial charge is 0.226 e. The van der Waals surface area contributed by atoms with E-state index in [0.29, 0.717) is 12.8 Å². The molecule has 3 N–H and O–H groups in total. The summed E-state index contributed by atoms with van der Waals surface area (Å²) in [4.78, 5) is 11.9. The Balaban J connectivity index is 3.53. The number of carbonyl (C=O) groups excluding carboxylic acids is 1. The van der Waals surface area contributed by atoms with Crippen molar-refractivity contribution in [2.24, 2.45) is 0 Å². The van der Waals surface area contributed by atoms with E-state index in [9.17, 15) is 15.0 Å². The van der Waals surface area contributed by atoms with E-state index >= 15 is 0 Å². The van der Waals surface area contributed by atoms with Crippen molar-refractivity contribution >= 4 is 5.91 Å². The van der Waals surface area contributed by atoms with Crippen LogP contribution < -0.4 is 5.32 Å². The average molecular weight is 454 g/mol. The number of carbonyl (C=O) groups is 1. The second kappa shape index (κ2) is 24.6. The Labute approximate surface area is 199 Å². The average Bonchev–Trinajstić information content (AvgIpc) is 2.76. The van der Waals surface area contributed by atoms with Crippen molar-refractivity contribution in [3.8, 4) is 0 Å². The van der Waals surface area contributed by atoms with Crippen molar-refractivity contribution in [3.05, 3.63) is 12.0 Å². The van der Waals surface area contributed by atoms with Gasteiger partial charge in [0.2, 0.25) is 5.91 Å². The third kappa shape index (κ3) is 23.6. The predicted molar refractivity (Wildman–Crippen MR) is 138 cm³/mol. The number of aliphatic hydroxyl groups excluding tert-OH is 2. The maximum atomic E-state index is 11.9. The first-order chi connectivity index (χ1) is 15.6. The highest BCUT2D eigenvalue weighted by Crippen LogP contribution is 2.14. The van der Waals surface area contributed by atoms with Gasteiger partial charge in [-0.1, -0.05) is 136 Å². The van der Waals surface area contributed by atoms with E-state index in [1.54, 1.807) is 0 Å². The topological polar surface area (TPSA) is 69.6 Å². The molecular weight excluding hydrogens is 398 g/mol. The number of aliphatic hydroxyl groups is 2. The molecule has 0 bridgehead atoms. The van der Waals surface area contributed by atoms with Gasteiger partial charge in [-0.15, -0.1) is 0 Å². The fourth-order valence-corrected chi connectivity index (χ4v) is 4.13. The van der Waals surface area contributed by atoms with Crippen LogP contribution in [-0.2, 0) is 4.79 Å². The first-order valence-electron chi connectivity index (χ1n) is 14.0. The molecule has 0 aromatic rings. The highest BCUT2D eigenvalue weighted by atomic mass is 16.3. The van der Waals surface area contributed by atoms with Crippen molar-refractivity contribution < 1.29 is 15.0 Å². The molecule has 1 amide bonds. The van der Waals surface area contributed by atoms with E-state index in [1.165, 1.54) is 109 Å². The fraction of sp³-hybridized carbons (Fsp3) is 0.893. The van der Waals surface area contributed by atoms with Gasteiger partial charge in [-0.2, -0.15) is 0 Å². The Bertz CT molecular complexity index is 436. The molecule has 32 heavy (non-hydrogen) atoms. The molecule has 0 heterocycles. The number of nitrogens with one attached hydrogen (secondary N) is 1.